The van der Waals surface area contributed by atoms with Gasteiger partial charge in [0.25, 0.3) is 0 Å². The molecule has 4 aromatic rings. The number of aromatic nitrogens is 4. The van der Waals surface area contributed by atoms with E-state index in [-0.39, 0.29) is 11.1 Å². The number of nitrogens with one attached hydrogen (secondary N) is 1. The Morgan fingerprint density at radius 1 is 0.967 bits per heavy atom. The van der Waals surface area contributed by atoms with Crippen LogP contribution in [0.1, 0.15) is 6.42 Å². The number of anilines is 1. The monoisotopic (exact) mass is 404 g/mol. The van der Waals surface area contributed by atoms with Gasteiger partial charge in [-0.2, -0.15) is 0 Å². The van der Waals surface area contributed by atoms with Gasteiger partial charge in [0, 0.05) is 31.5 Å². The first-order chi connectivity index (χ1) is 14.6. The Morgan fingerprint density at radius 3 is 2.47 bits per heavy atom. The van der Waals surface area contributed by atoms with E-state index in [1.54, 1.807) is 17.0 Å². The van der Waals surface area contributed by atoms with Gasteiger partial charge >= 0.3 is 0 Å². The first-order valence-electron chi connectivity index (χ1n) is 9.87. The number of pyridine rings is 2. The number of imidazole rings is 1. The zero-order valence-electron chi connectivity index (χ0n) is 16.0. The molecule has 0 radical (unpaired) electrons. The molecule has 2 fully saturated rings. The average Bonchev–Trinajstić information content (AvgIpc) is 3.05. The maximum atomic E-state index is 14.6. The maximum absolute atomic E-state index is 14.6. The van der Waals surface area contributed by atoms with Crippen LogP contribution in [0.5, 0.6) is 0 Å². The molecular weight excluding hydrogens is 386 g/mol. The lowest BCUT2D eigenvalue weighted by Crippen LogP contribution is -2.76. The Balaban J connectivity index is 1.52. The number of halogens is 2. The summed E-state index contributed by atoms with van der Waals surface area (Å²) in [5.41, 5.74) is 2.49. The standard InChI is InChI=1S/C22H18F2N6/c23-14-1-2-16(17(24)11-14)20-27-18-3-4-19(29-12-22(13-29)7-10-26-22)28-21(18)30(20)15-5-8-25-9-6-15/h1-6,8-9,11,26H,7,10,12-13H2. The van der Waals surface area contributed by atoms with Crippen LogP contribution in [0.25, 0.3) is 28.2 Å². The van der Waals surface area contributed by atoms with Gasteiger partial charge in [-0.3, -0.25) is 9.55 Å². The van der Waals surface area contributed by atoms with Crippen LogP contribution in [0.4, 0.5) is 14.6 Å². The molecule has 1 N–H and O–H groups in total. The molecule has 1 aromatic carbocycles. The third kappa shape index (κ3) is 2.60. The molecule has 0 unspecified atom stereocenters. The van der Waals surface area contributed by atoms with Crippen molar-refractivity contribution >= 4 is 17.0 Å². The number of fused-ring (bicyclic) bond motifs is 1. The van der Waals surface area contributed by atoms with E-state index in [1.165, 1.54) is 18.6 Å². The molecule has 1 spiro atoms. The molecule has 0 atom stereocenters. The van der Waals surface area contributed by atoms with E-state index >= 15 is 0 Å². The summed E-state index contributed by atoms with van der Waals surface area (Å²) < 4.78 is 29.9. The summed E-state index contributed by atoms with van der Waals surface area (Å²) in [5.74, 6) is -0.0524. The molecule has 150 valence electrons. The van der Waals surface area contributed by atoms with Gasteiger partial charge in [0.2, 0.25) is 0 Å². The quantitative estimate of drug-likeness (QED) is 0.568. The fourth-order valence-corrected chi connectivity index (χ4v) is 4.31. The third-order valence-corrected chi connectivity index (χ3v) is 6.00. The molecule has 6 nitrogen and oxygen atoms in total. The van der Waals surface area contributed by atoms with Crippen LogP contribution >= 0.6 is 0 Å². The second-order valence-corrected chi connectivity index (χ2v) is 7.93. The zero-order valence-corrected chi connectivity index (χ0v) is 16.0. The second kappa shape index (κ2) is 6.30. The van der Waals surface area contributed by atoms with Crippen LogP contribution in [0.15, 0.2) is 54.9 Å². The molecule has 30 heavy (non-hydrogen) atoms. The van der Waals surface area contributed by atoms with Crippen LogP contribution in [-0.4, -0.2) is 44.7 Å². The second-order valence-electron chi connectivity index (χ2n) is 7.93. The Bertz CT molecular complexity index is 1260. The summed E-state index contributed by atoms with van der Waals surface area (Å²) >= 11 is 0. The minimum absolute atomic E-state index is 0.217. The van der Waals surface area contributed by atoms with Crippen molar-refractivity contribution < 1.29 is 8.78 Å². The molecule has 6 rings (SSSR count). The highest BCUT2D eigenvalue weighted by Crippen LogP contribution is 2.35. The summed E-state index contributed by atoms with van der Waals surface area (Å²) in [7, 11) is 0. The van der Waals surface area contributed by atoms with Crippen molar-refractivity contribution in [2.24, 2.45) is 0 Å². The van der Waals surface area contributed by atoms with Crippen LogP contribution < -0.4 is 10.2 Å². The van der Waals surface area contributed by atoms with Crippen molar-refractivity contribution in [3.63, 3.8) is 0 Å². The lowest BCUT2D eigenvalue weighted by molar-refractivity contribution is 0.159. The highest BCUT2D eigenvalue weighted by molar-refractivity contribution is 5.81. The van der Waals surface area contributed by atoms with Crippen molar-refractivity contribution in [1.29, 1.82) is 0 Å². The summed E-state index contributed by atoms with van der Waals surface area (Å²) in [6, 6.07) is 11.0. The molecule has 2 aliphatic heterocycles. The predicted molar refractivity (Wildman–Crippen MR) is 110 cm³/mol. The average molecular weight is 404 g/mol. The molecule has 0 saturated carbocycles. The molecule has 8 heteroatoms. The largest absolute Gasteiger partial charge is 0.353 e. The van der Waals surface area contributed by atoms with Crippen molar-refractivity contribution in [3.05, 3.63) is 66.5 Å². The van der Waals surface area contributed by atoms with Crippen molar-refractivity contribution in [1.82, 2.24) is 24.8 Å². The third-order valence-electron chi connectivity index (χ3n) is 6.00. The minimum Gasteiger partial charge on any atom is -0.353 e. The summed E-state index contributed by atoms with van der Waals surface area (Å²) in [6.45, 7) is 2.92. The predicted octanol–water partition coefficient (Wildman–Crippen LogP) is 3.31. The molecule has 2 aliphatic rings. The first kappa shape index (κ1) is 17.5. The molecule has 3 aromatic heterocycles. The van der Waals surface area contributed by atoms with E-state index in [1.807, 2.05) is 24.3 Å². The van der Waals surface area contributed by atoms with Gasteiger partial charge in [0.15, 0.2) is 5.65 Å². The SMILES string of the molecule is Fc1ccc(-c2nc3ccc(N4CC5(CCN5)C4)nc3n2-c2ccncc2)c(F)c1. The smallest absolute Gasteiger partial charge is 0.167 e. The number of benzene rings is 1. The van der Waals surface area contributed by atoms with Crippen LogP contribution in [0.2, 0.25) is 0 Å². The van der Waals surface area contributed by atoms with E-state index < -0.39 is 11.6 Å². The minimum atomic E-state index is -0.665. The number of hydrogen-bond donors (Lipinski definition) is 1. The topological polar surface area (TPSA) is 58.9 Å². The van der Waals surface area contributed by atoms with E-state index in [0.717, 1.165) is 37.2 Å². The van der Waals surface area contributed by atoms with Crippen molar-refractivity contribution in [2.45, 2.75) is 12.0 Å². The Hall–Kier alpha value is -3.39. The van der Waals surface area contributed by atoms with Gasteiger partial charge in [0.05, 0.1) is 16.8 Å². The highest BCUT2D eigenvalue weighted by atomic mass is 19.1. The van der Waals surface area contributed by atoms with Crippen molar-refractivity contribution in [2.75, 3.05) is 24.5 Å². The van der Waals surface area contributed by atoms with Crippen molar-refractivity contribution in [3.8, 4) is 17.1 Å². The summed E-state index contributed by atoms with van der Waals surface area (Å²) in [6.07, 6.45) is 4.52. The van der Waals surface area contributed by atoms with Gasteiger partial charge in [-0.25, -0.2) is 18.7 Å². The lowest BCUT2D eigenvalue weighted by Gasteiger charge is -2.56. The number of nitrogens with zero attached hydrogens (tertiary/aromatic N) is 5. The highest BCUT2D eigenvalue weighted by Gasteiger charge is 2.47. The van der Waals surface area contributed by atoms with Crippen LogP contribution in [0.3, 0.4) is 0 Å². The zero-order chi connectivity index (χ0) is 20.3. The normalized spacial score (nSPS) is 17.2. The number of hydrogen-bond acceptors (Lipinski definition) is 5. The van der Waals surface area contributed by atoms with Gasteiger partial charge in [-0.1, -0.05) is 0 Å². The maximum Gasteiger partial charge on any atom is 0.167 e. The molecule has 5 heterocycles. The molecule has 0 amide bonds. The van der Waals surface area contributed by atoms with Gasteiger partial charge < -0.3 is 10.2 Å². The van der Waals surface area contributed by atoms with Gasteiger partial charge in [-0.15, -0.1) is 0 Å². The first-order valence-corrected chi connectivity index (χ1v) is 9.87. The molecule has 2 saturated heterocycles. The molecular formula is C22H18F2N6. The summed E-state index contributed by atoms with van der Waals surface area (Å²) in [4.78, 5) is 15.8. The van der Waals surface area contributed by atoms with E-state index in [0.29, 0.717) is 17.0 Å². The van der Waals surface area contributed by atoms with Crippen LogP contribution in [-0.2, 0) is 0 Å². The Morgan fingerprint density at radius 2 is 1.77 bits per heavy atom. The Kier molecular flexibility index (Phi) is 3.67. The number of rotatable bonds is 3. The lowest BCUT2D eigenvalue weighted by atomic mass is 9.80. The van der Waals surface area contributed by atoms with E-state index in [4.69, 9.17) is 4.98 Å². The fraction of sp³-hybridized carbons (Fsp3) is 0.227. The Labute approximate surface area is 171 Å². The summed E-state index contributed by atoms with van der Waals surface area (Å²) in [5, 5.41) is 3.50. The molecule has 0 aliphatic carbocycles. The molecule has 0 bridgehead atoms. The van der Waals surface area contributed by atoms with Gasteiger partial charge in [-0.05, 0) is 49.4 Å². The van der Waals surface area contributed by atoms with Crippen LogP contribution in [0, 0.1) is 11.6 Å². The van der Waals surface area contributed by atoms with Gasteiger partial charge in [0.1, 0.15) is 28.8 Å². The van der Waals surface area contributed by atoms with E-state index in [2.05, 4.69) is 20.2 Å². The van der Waals surface area contributed by atoms with E-state index in [9.17, 15) is 8.78 Å². The fourth-order valence-electron chi connectivity index (χ4n) is 4.31.